The van der Waals surface area contributed by atoms with Gasteiger partial charge in [-0.25, -0.2) is 9.97 Å². The van der Waals surface area contributed by atoms with Crippen molar-refractivity contribution in [3.63, 3.8) is 0 Å². The number of nitrogens with zero attached hydrogens (tertiary/aromatic N) is 2. The van der Waals surface area contributed by atoms with Crippen LogP contribution in [0.25, 0.3) is 10.2 Å². The van der Waals surface area contributed by atoms with Gasteiger partial charge in [-0.15, -0.1) is 11.3 Å². The quantitative estimate of drug-likeness (QED) is 0.854. The summed E-state index contributed by atoms with van der Waals surface area (Å²) in [6, 6.07) is 2.12. The van der Waals surface area contributed by atoms with E-state index in [9.17, 15) is 0 Å². The van der Waals surface area contributed by atoms with Gasteiger partial charge in [0, 0.05) is 18.5 Å². The lowest BCUT2D eigenvalue weighted by Crippen LogP contribution is -2.32. The normalized spacial score (nSPS) is 12.1. The molecule has 1 N–H and O–H groups in total. The zero-order chi connectivity index (χ0) is 14.0. The molecule has 0 saturated carbocycles. The Bertz CT molecular complexity index is 583. The van der Waals surface area contributed by atoms with E-state index in [-0.39, 0.29) is 10.9 Å². The van der Waals surface area contributed by atoms with Crippen molar-refractivity contribution in [1.82, 2.24) is 9.97 Å². The summed E-state index contributed by atoms with van der Waals surface area (Å²) < 4.78 is 5.39. The lowest BCUT2D eigenvalue weighted by molar-refractivity contribution is 0.0343. The third-order valence-corrected chi connectivity index (χ3v) is 4.34. The van der Waals surface area contributed by atoms with Gasteiger partial charge in [0.2, 0.25) is 5.28 Å². The molecule has 0 aromatic carbocycles. The molecule has 0 bridgehead atoms. The van der Waals surface area contributed by atoms with Gasteiger partial charge in [-0.05, 0) is 37.9 Å². The third-order valence-electron chi connectivity index (χ3n) is 3.00. The fourth-order valence-electron chi connectivity index (χ4n) is 1.62. The largest absolute Gasteiger partial charge is 0.377 e. The zero-order valence-corrected chi connectivity index (χ0v) is 13.2. The van der Waals surface area contributed by atoms with Gasteiger partial charge < -0.3 is 10.1 Å². The average Bonchev–Trinajstić information content (AvgIpc) is 2.79. The Morgan fingerprint density at radius 1 is 1.42 bits per heavy atom. The first-order chi connectivity index (χ1) is 8.95. The number of hydrogen-bond donors (Lipinski definition) is 1. The highest BCUT2D eigenvalue weighted by atomic mass is 35.5. The molecule has 0 aliphatic rings. The van der Waals surface area contributed by atoms with Crippen molar-refractivity contribution in [3.05, 3.63) is 16.2 Å². The van der Waals surface area contributed by atoms with Crippen LogP contribution in [-0.2, 0) is 11.2 Å². The molecular formula is C13H18ClN3OS. The van der Waals surface area contributed by atoms with E-state index in [1.165, 1.54) is 4.88 Å². The van der Waals surface area contributed by atoms with Crippen LogP contribution in [0.3, 0.4) is 0 Å². The number of nitrogens with one attached hydrogen (secondary N) is 1. The maximum Gasteiger partial charge on any atom is 0.225 e. The van der Waals surface area contributed by atoms with Crippen LogP contribution in [0.2, 0.25) is 5.28 Å². The van der Waals surface area contributed by atoms with Crippen molar-refractivity contribution in [1.29, 1.82) is 0 Å². The molecule has 2 rings (SSSR count). The van der Waals surface area contributed by atoms with Crippen molar-refractivity contribution < 1.29 is 4.74 Å². The van der Waals surface area contributed by atoms with Crippen LogP contribution in [0.1, 0.15) is 25.6 Å². The topological polar surface area (TPSA) is 47.0 Å². The predicted molar refractivity (Wildman–Crippen MR) is 81.4 cm³/mol. The molecule has 0 aliphatic carbocycles. The maximum absolute atomic E-state index is 5.97. The van der Waals surface area contributed by atoms with Gasteiger partial charge in [0.25, 0.3) is 0 Å². The number of fused-ring (bicyclic) bond motifs is 1. The summed E-state index contributed by atoms with van der Waals surface area (Å²) in [7, 11) is 1.70. The molecule has 4 nitrogen and oxygen atoms in total. The molecule has 2 aromatic heterocycles. The fourth-order valence-corrected chi connectivity index (χ4v) is 2.81. The Balaban J connectivity index is 2.33. The lowest BCUT2D eigenvalue weighted by atomic mass is 10.1. The average molecular weight is 300 g/mol. The second kappa shape index (κ2) is 5.61. The molecule has 2 heterocycles. The van der Waals surface area contributed by atoms with E-state index in [4.69, 9.17) is 16.3 Å². The van der Waals surface area contributed by atoms with Crippen LogP contribution in [0.4, 0.5) is 5.82 Å². The van der Waals surface area contributed by atoms with Crippen molar-refractivity contribution in [2.75, 3.05) is 19.0 Å². The van der Waals surface area contributed by atoms with Crippen LogP contribution in [-0.4, -0.2) is 29.2 Å². The van der Waals surface area contributed by atoms with E-state index in [2.05, 4.69) is 28.3 Å². The Morgan fingerprint density at radius 3 is 2.79 bits per heavy atom. The van der Waals surface area contributed by atoms with Gasteiger partial charge in [-0.1, -0.05) is 6.92 Å². The van der Waals surface area contributed by atoms with Crippen LogP contribution in [0.15, 0.2) is 6.07 Å². The summed E-state index contributed by atoms with van der Waals surface area (Å²) >= 11 is 7.63. The summed E-state index contributed by atoms with van der Waals surface area (Å²) in [4.78, 5) is 10.8. The van der Waals surface area contributed by atoms with E-state index in [0.29, 0.717) is 6.54 Å². The second-order valence-corrected chi connectivity index (χ2v) is 6.40. The van der Waals surface area contributed by atoms with E-state index in [0.717, 1.165) is 22.5 Å². The monoisotopic (exact) mass is 299 g/mol. The fraction of sp³-hybridized carbons (Fsp3) is 0.538. The van der Waals surface area contributed by atoms with E-state index >= 15 is 0 Å². The number of aromatic nitrogens is 2. The maximum atomic E-state index is 5.97. The summed E-state index contributed by atoms with van der Waals surface area (Å²) in [6.07, 6.45) is 0.988. The highest BCUT2D eigenvalue weighted by molar-refractivity contribution is 7.18. The lowest BCUT2D eigenvalue weighted by Gasteiger charge is -2.23. The highest BCUT2D eigenvalue weighted by Crippen LogP contribution is 2.30. The number of aryl methyl sites for hydroxylation is 1. The third kappa shape index (κ3) is 3.35. The standard InChI is InChI=1S/C13H18ClN3OS/c1-5-8-6-9-10(15-7-13(2,3)18-4)16-12(14)17-11(9)19-8/h6H,5,7H2,1-4H3,(H,15,16,17). The van der Waals surface area contributed by atoms with Gasteiger partial charge >= 0.3 is 0 Å². The number of anilines is 1. The molecule has 0 amide bonds. The Kier molecular flexibility index (Phi) is 4.28. The number of ether oxygens (including phenoxy) is 1. The summed E-state index contributed by atoms with van der Waals surface area (Å²) in [6.45, 7) is 6.82. The molecule has 0 fully saturated rings. The molecule has 6 heteroatoms. The molecule has 19 heavy (non-hydrogen) atoms. The molecule has 0 unspecified atom stereocenters. The molecule has 0 spiro atoms. The molecule has 0 atom stereocenters. The molecule has 0 radical (unpaired) electrons. The van der Waals surface area contributed by atoms with Crippen molar-refractivity contribution >= 4 is 39.0 Å². The van der Waals surface area contributed by atoms with Crippen molar-refractivity contribution in [3.8, 4) is 0 Å². The summed E-state index contributed by atoms with van der Waals surface area (Å²) in [5.41, 5.74) is -0.257. The molecular weight excluding hydrogens is 282 g/mol. The Labute approximate surface area is 122 Å². The first-order valence-corrected chi connectivity index (χ1v) is 7.39. The molecule has 2 aromatic rings. The first-order valence-electron chi connectivity index (χ1n) is 6.20. The highest BCUT2D eigenvalue weighted by Gasteiger charge is 2.18. The Morgan fingerprint density at radius 2 is 2.16 bits per heavy atom. The van der Waals surface area contributed by atoms with Crippen LogP contribution in [0.5, 0.6) is 0 Å². The minimum Gasteiger partial charge on any atom is -0.377 e. The Hall–Kier alpha value is -0.910. The van der Waals surface area contributed by atoms with Crippen molar-refractivity contribution in [2.24, 2.45) is 0 Å². The van der Waals surface area contributed by atoms with E-state index < -0.39 is 0 Å². The van der Waals surface area contributed by atoms with Crippen molar-refractivity contribution in [2.45, 2.75) is 32.8 Å². The predicted octanol–water partition coefficient (Wildman–Crippen LogP) is 3.74. The SMILES string of the molecule is CCc1cc2c(NCC(C)(C)OC)nc(Cl)nc2s1. The van der Waals surface area contributed by atoms with E-state index in [1.54, 1.807) is 18.4 Å². The number of thiophene rings is 1. The number of hydrogen-bond acceptors (Lipinski definition) is 5. The first kappa shape index (κ1) is 14.5. The minimum atomic E-state index is -0.257. The number of rotatable bonds is 5. The summed E-state index contributed by atoms with van der Waals surface area (Å²) in [5, 5.41) is 4.60. The molecule has 0 aliphatic heterocycles. The second-order valence-electron chi connectivity index (χ2n) is 4.94. The molecule has 0 saturated heterocycles. The zero-order valence-electron chi connectivity index (χ0n) is 11.6. The van der Waals surface area contributed by atoms with E-state index in [1.807, 2.05) is 13.8 Å². The molecule has 104 valence electrons. The summed E-state index contributed by atoms with van der Waals surface area (Å²) in [5.74, 6) is 0.774. The minimum absolute atomic E-state index is 0.257. The van der Waals surface area contributed by atoms with Gasteiger partial charge in [-0.3, -0.25) is 0 Å². The number of halogens is 1. The van der Waals surface area contributed by atoms with Crippen LogP contribution in [0, 0.1) is 0 Å². The van der Waals surface area contributed by atoms with Gasteiger partial charge in [0.1, 0.15) is 10.6 Å². The number of methoxy groups -OCH3 is 1. The van der Waals surface area contributed by atoms with Gasteiger partial charge in [0.15, 0.2) is 0 Å². The van der Waals surface area contributed by atoms with Gasteiger partial charge in [-0.2, -0.15) is 0 Å². The van der Waals surface area contributed by atoms with Crippen LogP contribution < -0.4 is 5.32 Å². The van der Waals surface area contributed by atoms with Crippen LogP contribution >= 0.6 is 22.9 Å². The smallest absolute Gasteiger partial charge is 0.225 e. The van der Waals surface area contributed by atoms with Gasteiger partial charge in [0.05, 0.1) is 11.0 Å².